The van der Waals surface area contributed by atoms with Gasteiger partial charge in [0, 0.05) is 6.07 Å². The third-order valence-electron chi connectivity index (χ3n) is 3.10. The molecular weight excluding hydrogens is 331 g/mol. The number of hydrogen-bond acceptors (Lipinski definition) is 2. The number of aromatic amines is 1. The molecule has 1 atom stereocenters. The van der Waals surface area contributed by atoms with E-state index in [-0.39, 0.29) is 11.9 Å². The average Bonchev–Trinajstić information content (AvgIpc) is 2.97. The average molecular weight is 341 g/mol. The summed E-state index contributed by atoms with van der Waals surface area (Å²) >= 11 is 8.49. The predicted molar refractivity (Wildman–Crippen MR) is 77.3 cm³/mol. The van der Waals surface area contributed by atoms with Crippen molar-refractivity contribution in [2.75, 3.05) is 0 Å². The largest absolute Gasteiger partial charge is 0.467 e. The summed E-state index contributed by atoms with van der Waals surface area (Å²) < 4.78 is 21.9. The van der Waals surface area contributed by atoms with Crippen molar-refractivity contribution in [2.24, 2.45) is 0 Å². The number of rotatable bonds is 2. The maximum atomic E-state index is 13.7. The summed E-state index contributed by atoms with van der Waals surface area (Å²) in [4.78, 5) is 3.08. The second-order valence-corrected chi connectivity index (χ2v) is 5.52. The molecule has 98 valence electrons. The zero-order valence-corrected chi connectivity index (χ0v) is 12.4. The Hall–Kier alpha value is -1.40. The third kappa shape index (κ3) is 2.04. The molecule has 2 aromatic heterocycles. The van der Waals surface area contributed by atoms with Crippen molar-refractivity contribution in [2.45, 2.75) is 13.0 Å². The highest BCUT2D eigenvalue weighted by Crippen LogP contribution is 2.28. The summed E-state index contributed by atoms with van der Waals surface area (Å²) in [5.74, 6) is 0.460. The van der Waals surface area contributed by atoms with Gasteiger partial charge in [-0.15, -0.1) is 0 Å². The number of hydrogen-bond donors (Lipinski definition) is 1. The maximum Gasteiger partial charge on any atom is 0.178 e. The SMILES string of the molecule is CC(c1ccco1)n1c(=S)[nH]c2cc(Br)c(F)cc21. The first-order valence-electron chi connectivity index (χ1n) is 5.70. The van der Waals surface area contributed by atoms with Crippen LogP contribution >= 0.6 is 28.1 Å². The molecule has 0 fully saturated rings. The van der Waals surface area contributed by atoms with Crippen LogP contribution in [-0.4, -0.2) is 9.55 Å². The molecular formula is C13H10BrFN2OS. The Morgan fingerprint density at radius 1 is 1.47 bits per heavy atom. The van der Waals surface area contributed by atoms with Crippen LogP contribution in [0.5, 0.6) is 0 Å². The monoisotopic (exact) mass is 340 g/mol. The van der Waals surface area contributed by atoms with Crippen molar-refractivity contribution in [1.82, 2.24) is 9.55 Å². The van der Waals surface area contributed by atoms with Crippen LogP contribution in [0, 0.1) is 10.6 Å². The molecule has 0 aliphatic heterocycles. The summed E-state index contributed by atoms with van der Waals surface area (Å²) in [6, 6.07) is 6.75. The molecule has 1 aromatic carbocycles. The zero-order chi connectivity index (χ0) is 13.6. The number of aromatic nitrogens is 2. The molecule has 2 heterocycles. The number of nitrogens with one attached hydrogen (secondary N) is 1. The summed E-state index contributed by atoms with van der Waals surface area (Å²) in [5, 5.41) is 0. The number of fused-ring (bicyclic) bond motifs is 1. The summed E-state index contributed by atoms with van der Waals surface area (Å²) in [7, 11) is 0. The Morgan fingerprint density at radius 3 is 2.95 bits per heavy atom. The van der Waals surface area contributed by atoms with Gasteiger partial charge in [-0.3, -0.25) is 0 Å². The summed E-state index contributed by atoms with van der Waals surface area (Å²) in [6.07, 6.45) is 1.61. The third-order valence-corrected chi connectivity index (χ3v) is 4.01. The van der Waals surface area contributed by atoms with Crippen LogP contribution in [0.1, 0.15) is 18.7 Å². The van der Waals surface area contributed by atoms with Crippen molar-refractivity contribution < 1.29 is 8.81 Å². The van der Waals surface area contributed by atoms with E-state index in [0.717, 1.165) is 16.8 Å². The molecule has 0 saturated carbocycles. The molecule has 3 aromatic rings. The predicted octanol–water partition coefficient (Wildman–Crippen LogP) is 4.80. The topological polar surface area (TPSA) is 33.9 Å². The second-order valence-electron chi connectivity index (χ2n) is 4.28. The fourth-order valence-corrected chi connectivity index (χ4v) is 2.87. The Morgan fingerprint density at radius 2 is 2.26 bits per heavy atom. The normalized spacial score (nSPS) is 13.0. The lowest BCUT2D eigenvalue weighted by molar-refractivity contribution is 0.449. The van der Waals surface area contributed by atoms with Crippen LogP contribution in [0.3, 0.4) is 0 Å². The van der Waals surface area contributed by atoms with Gasteiger partial charge in [0.1, 0.15) is 11.6 Å². The highest BCUT2D eigenvalue weighted by molar-refractivity contribution is 9.10. The Labute approximate surface area is 122 Å². The van der Waals surface area contributed by atoms with Gasteiger partial charge in [0.2, 0.25) is 0 Å². The van der Waals surface area contributed by atoms with Crippen LogP contribution < -0.4 is 0 Å². The fraction of sp³-hybridized carbons (Fsp3) is 0.154. The Balaban J connectivity index is 2.26. The smallest absolute Gasteiger partial charge is 0.178 e. The molecule has 1 N–H and O–H groups in total. The van der Waals surface area contributed by atoms with Crippen LogP contribution in [0.2, 0.25) is 0 Å². The lowest BCUT2D eigenvalue weighted by Gasteiger charge is -2.12. The molecule has 19 heavy (non-hydrogen) atoms. The lowest BCUT2D eigenvalue weighted by Crippen LogP contribution is -2.05. The van der Waals surface area contributed by atoms with Crippen LogP contribution in [-0.2, 0) is 0 Å². The minimum absolute atomic E-state index is 0.100. The standard InChI is InChI=1S/C13H10BrFN2OS/c1-7(12-3-2-4-18-12)17-11-6-9(15)8(14)5-10(11)16-13(17)19/h2-7H,1H3,(H,16,19). The molecule has 1 unspecified atom stereocenters. The molecule has 0 aliphatic rings. The number of nitrogens with zero attached hydrogens (tertiary/aromatic N) is 1. The quantitative estimate of drug-likeness (QED) is 0.679. The molecule has 0 bridgehead atoms. The van der Waals surface area contributed by atoms with Crippen molar-refractivity contribution in [3.8, 4) is 0 Å². The number of halogens is 2. The van der Waals surface area contributed by atoms with Crippen LogP contribution in [0.15, 0.2) is 39.4 Å². The first kappa shape index (κ1) is 12.6. The van der Waals surface area contributed by atoms with Gasteiger partial charge in [-0.2, -0.15) is 0 Å². The van der Waals surface area contributed by atoms with Gasteiger partial charge in [0.15, 0.2) is 4.77 Å². The van der Waals surface area contributed by atoms with Crippen LogP contribution in [0.25, 0.3) is 11.0 Å². The molecule has 0 amide bonds. The molecule has 0 aliphatic carbocycles. The van der Waals surface area contributed by atoms with E-state index in [0.29, 0.717) is 9.24 Å². The van der Waals surface area contributed by atoms with Gasteiger partial charge >= 0.3 is 0 Å². The first-order valence-corrected chi connectivity index (χ1v) is 6.90. The molecule has 3 rings (SSSR count). The van der Waals surface area contributed by atoms with Gasteiger partial charge in [-0.05, 0) is 53.3 Å². The molecule has 0 radical (unpaired) electrons. The Kier molecular flexibility index (Phi) is 3.06. The van der Waals surface area contributed by atoms with E-state index in [1.807, 2.05) is 23.6 Å². The van der Waals surface area contributed by atoms with Gasteiger partial charge in [0.25, 0.3) is 0 Å². The lowest BCUT2D eigenvalue weighted by atomic mass is 10.2. The molecule has 0 saturated heterocycles. The first-order chi connectivity index (χ1) is 9.08. The highest BCUT2D eigenvalue weighted by Gasteiger charge is 2.16. The van der Waals surface area contributed by atoms with E-state index in [1.54, 1.807) is 12.3 Å². The number of benzene rings is 1. The fourth-order valence-electron chi connectivity index (χ4n) is 2.16. The summed E-state index contributed by atoms with van der Waals surface area (Å²) in [5.41, 5.74) is 1.51. The Bertz CT molecular complexity index is 791. The van der Waals surface area contributed by atoms with E-state index >= 15 is 0 Å². The minimum atomic E-state index is -0.318. The minimum Gasteiger partial charge on any atom is -0.467 e. The van der Waals surface area contributed by atoms with E-state index in [1.165, 1.54) is 6.07 Å². The van der Waals surface area contributed by atoms with Gasteiger partial charge < -0.3 is 14.0 Å². The second kappa shape index (κ2) is 4.61. The van der Waals surface area contributed by atoms with Crippen molar-refractivity contribution >= 4 is 39.2 Å². The summed E-state index contributed by atoms with van der Waals surface area (Å²) in [6.45, 7) is 1.96. The van der Waals surface area contributed by atoms with Gasteiger partial charge in [0.05, 0.1) is 27.8 Å². The molecule has 0 spiro atoms. The van der Waals surface area contributed by atoms with E-state index < -0.39 is 0 Å². The number of imidazole rings is 1. The zero-order valence-electron chi connectivity index (χ0n) is 9.98. The maximum absolute atomic E-state index is 13.7. The highest BCUT2D eigenvalue weighted by atomic mass is 79.9. The molecule has 6 heteroatoms. The van der Waals surface area contributed by atoms with Gasteiger partial charge in [-0.1, -0.05) is 0 Å². The number of H-pyrrole nitrogens is 1. The van der Waals surface area contributed by atoms with E-state index in [2.05, 4.69) is 20.9 Å². The van der Waals surface area contributed by atoms with Crippen molar-refractivity contribution in [1.29, 1.82) is 0 Å². The van der Waals surface area contributed by atoms with Crippen molar-refractivity contribution in [3.05, 3.63) is 51.3 Å². The van der Waals surface area contributed by atoms with E-state index in [9.17, 15) is 4.39 Å². The van der Waals surface area contributed by atoms with Crippen LogP contribution in [0.4, 0.5) is 4.39 Å². The van der Waals surface area contributed by atoms with Gasteiger partial charge in [-0.25, -0.2) is 4.39 Å². The van der Waals surface area contributed by atoms with Crippen molar-refractivity contribution in [3.63, 3.8) is 0 Å². The number of furan rings is 1. The molecule has 3 nitrogen and oxygen atoms in total. The van der Waals surface area contributed by atoms with E-state index in [4.69, 9.17) is 16.6 Å².